The Labute approximate surface area is 133 Å². The highest BCUT2D eigenvalue weighted by Crippen LogP contribution is 2.32. The Morgan fingerprint density at radius 3 is 2.67 bits per heavy atom. The normalized spacial score (nSPS) is 16.9. The summed E-state index contributed by atoms with van der Waals surface area (Å²) < 4.78 is 39.5. The molecule has 0 radical (unpaired) electrons. The van der Waals surface area contributed by atoms with E-state index in [0.717, 1.165) is 6.20 Å². The van der Waals surface area contributed by atoms with Crippen LogP contribution in [0.4, 0.5) is 19.0 Å². The van der Waals surface area contributed by atoms with Gasteiger partial charge in [-0.1, -0.05) is 0 Å². The molecule has 1 saturated heterocycles. The summed E-state index contributed by atoms with van der Waals surface area (Å²) in [5.41, 5.74) is -0.241. The Morgan fingerprint density at radius 1 is 1.17 bits per heavy atom. The van der Waals surface area contributed by atoms with E-state index < -0.39 is 11.9 Å². The van der Waals surface area contributed by atoms with Gasteiger partial charge < -0.3 is 9.88 Å². The van der Waals surface area contributed by atoms with E-state index in [1.165, 1.54) is 4.52 Å². The standard InChI is InChI=1S/C13H13F3N8/c14-13(15,16)9-7-18-10(19-9)8-1-4-23(5-2-8)11-12-20-21-22-24(12)6-3-17-11/h3,6-8H,1-2,4-5H2,(H,18,19). The zero-order valence-electron chi connectivity index (χ0n) is 12.4. The highest BCUT2D eigenvalue weighted by Gasteiger charge is 2.34. The maximum Gasteiger partial charge on any atom is 0.432 e. The number of hydrogen-bond acceptors (Lipinski definition) is 6. The van der Waals surface area contributed by atoms with Gasteiger partial charge in [0.05, 0.1) is 12.4 Å². The number of aromatic amines is 1. The number of H-pyrrole nitrogens is 1. The molecule has 1 N–H and O–H groups in total. The second kappa shape index (κ2) is 5.42. The third-order valence-corrected chi connectivity index (χ3v) is 4.18. The number of hydrogen-bond donors (Lipinski definition) is 1. The highest BCUT2D eigenvalue weighted by molar-refractivity contribution is 5.62. The van der Waals surface area contributed by atoms with Gasteiger partial charge in [0, 0.05) is 25.2 Å². The molecule has 0 spiro atoms. The predicted octanol–water partition coefficient (Wildman–Crippen LogP) is 1.65. The molecule has 0 atom stereocenters. The minimum absolute atomic E-state index is 0.0342. The molecule has 3 aromatic heterocycles. The summed E-state index contributed by atoms with van der Waals surface area (Å²) in [4.78, 5) is 12.7. The zero-order chi connectivity index (χ0) is 16.7. The molecule has 4 heterocycles. The largest absolute Gasteiger partial charge is 0.432 e. The molecule has 0 bridgehead atoms. The van der Waals surface area contributed by atoms with Gasteiger partial charge >= 0.3 is 6.18 Å². The first-order valence-electron chi connectivity index (χ1n) is 7.42. The molecule has 4 rings (SSSR count). The number of alkyl halides is 3. The van der Waals surface area contributed by atoms with Crippen molar-refractivity contribution in [3.63, 3.8) is 0 Å². The van der Waals surface area contributed by atoms with Crippen molar-refractivity contribution in [1.82, 2.24) is 35.0 Å². The van der Waals surface area contributed by atoms with Crippen molar-refractivity contribution in [3.8, 4) is 0 Å². The van der Waals surface area contributed by atoms with E-state index in [2.05, 4.69) is 30.5 Å². The minimum atomic E-state index is -4.40. The smallest absolute Gasteiger partial charge is 0.353 e. The van der Waals surface area contributed by atoms with Crippen LogP contribution < -0.4 is 4.90 Å². The van der Waals surface area contributed by atoms with Crippen molar-refractivity contribution in [3.05, 3.63) is 30.1 Å². The number of anilines is 1. The molecule has 1 aliphatic rings. The second-order valence-corrected chi connectivity index (χ2v) is 5.64. The fourth-order valence-corrected chi connectivity index (χ4v) is 2.94. The number of fused-ring (bicyclic) bond motifs is 1. The third kappa shape index (κ3) is 2.55. The van der Waals surface area contributed by atoms with E-state index in [4.69, 9.17) is 0 Å². The summed E-state index contributed by atoms with van der Waals surface area (Å²) in [5.74, 6) is 1.03. The molecule has 1 fully saturated rings. The Kier molecular flexibility index (Phi) is 3.36. The summed E-state index contributed by atoms with van der Waals surface area (Å²) in [6, 6.07) is 0. The number of halogens is 3. The number of rotatable bonds is 2. The Bertz CT molecular complexity index is 846. The van der Waals surface area contributed by atoms with Crippen LogP contribution in [-0.4, -0.2) is 48.1 Å². The summed E-state index contributed by atoms with van der Waals surface area (Å²) in [5, 5.41) is 11.4. The molecule has 0 unspecified atom stereocenters. The van der Waals surface area contributed by atoms with E-state index in [1.807, 2.05) is 4.90 Å². The third-order valence-electron chi connectivity index (χ3n) is 4.18. The van der Waals surface area contributed by atoms with Crippen molar-refractivity contribution in [2.75, 3.05) is 18.0 Å². The van der Waals surface area contributed by atoms with Crippen LogP contribution >= 0.6 is 0 Å². The number of nitrogens with one attached hydrogen (secondary N) is 1. The van der Waals surface area contributed by atoms with Crippen molar-refractivity contribution in [1.29, 1.82) is 0 Å². The van der Waals surface area contributed by atoms with Gasteiger partial charge in [0.1, 0.15) is 11.5 Å². The van der Waals surface area contributed by atoms with Crippen LogP contribution in [0, 0.1) is 0 Å². The van der Waals surface area contributed by atoms with Crippen LogP contribution in [0.2, 0.25) is 0 Å². The molecule has 126 valence electrons. The molecule has 1 aliphatic heterocycles. The van der Waals surface area contributed by atoms with Crippen LogP contribution in [0.3, 0.4) is 0 Å². The number of tetrazole rings is 1. The SMILES string of the molecule is FC(F)(F)c1cnc(C2CCN(c3nccn4nnnc34)CC2)[nH]1. The van der Waals surface area contributed by atoms with Crippen molar-refractivity contribution < 1.29 is 13.2 Å². The lowest BCUT2D eigenvalue weighted by Crippen LogP contribution is -2.34. The number of piperidine rings is 1. The molecule has 0 saturated carbocycles. The van der Waals surface area contributed by atoms with E-state index in [9.17, 15) is 13.2 Å². The van der Waals surface area contributed by atoms with E-state index >= 15 is 0 Å². The molecule has 0 aliphatic carbocycles. The lowest BCUT2D eigenvalue weighted by Gasteiger charge is -2.31. The molecule has 0 amide bonds. The first-order chi connectivity index (χ1) is 11.5. The van der Waals surface area contributed by atoms with Gasteiger partial charge in [-0.2, -0.15) is 17.7 Å². The van der Waals surface area contributed by atoms with Gasteiger partial charge in [-0.25, -0.2) is 9.97 Å². The monoisotopic (exact) mass is 338 g/mol. The molecule has 0 aromatic carbocycles. The van der Waals surface area contributed by atoms with Crippen LogP contribution in [0.15, 0.2) is 18.6 Å². The average molecular weight is 338 g/mol. The second-order valence-electron chi connectivity index (χ2n) is 5.64. The van der Waals surface area contributed by atoms with E-state index in [0.29, 0.717) is 43.2 Å². The molecule has 3 aromatic rings. The summed E-state index contributed by atoms with van der Waals surface area (Å²) in [6.45, 7) is 1.29. The first-order valence-corrected chi connectivity index (χ1v) is 7.42. The van der Waals surface area contributed by atoms with Gasteiger partial charge in [0.15, 0.2) is 5.82 Å². The van der Waals surface area contributed by atoms with Crippen LogP contribution in [0.25, 0.3) is 5.65 Å². The van der Waals surface area contributed by atoms with Crippen molar-refractivity contribution in [2.24, 2.45) is 0 Å². The summed E-state index contributed by atoms with van der Waals surface area (Å²) in [6.07, 6.45) is 1.09. The fourth-order valence-electron chi connectivity index (χ4n) is 2.94. The maximum atomic E-state index is 12.7. The maximum absolute atomic E-state index is 12.7. The average Bonchev–Trinajstić information content (AvgIpc) is 3.23. The predicted molar refractivity (Wildman–Crippen MR) is 76.4 cm³/mol. The minimum Gasteiger partial charge on any atom is -0.353 e. The quantitative estimate of drug-likeness (QED) is 0.764. The first kappa shape index (κ1) is 14.8. The van der Waals surface area contributed by atoms with Crippen molar-refractivity contribution in [2.45, 2.75) is 24.9 Å². The summed E-state index contributed by atoms with van der Waals surface area (Å²) >= 11 is 0. The molecule has 11 heteroatoms. The fraction of sp³-hybridized carbons (Fsp3) is 0.462. The molecular weight excluding hydrogens is 325 g/mol. The van der Waals surface area contributed by atoms with Gasteiger partial charge in [0.2, 0.25) is 5.65 Å². The van der Waals surface area contributed by atoms with Crippen LogP contribution in [0.1, 0.15) is 30.3 Å². The van der Waals surface area contributed by atoms with Crippen LogP contribution in [0.5, 0.6) is 0 Å². The number of nitrogens with zero attached hydrogens (tertiary/aromatic N) is 7. The van der Waals surface area contributed by atoms with Crippen LogP contribution in [-0.2, 0) is 6.18 Å². The van der Waals surface area contributed by atoms with Gasteiger partial charge in [-0.3, -0.25) is 0 Å². The van der Waals surface area contributed by atoms with Crippen molar-refractivity contribution >= 4 is 11.5 Å². The molecule has 8 nitrogen and oxygen atoms in total. The van der Waals surface area contributed by atoms with Gasteiger partial charge in [-0.05, 0) is 23.3 Å². The topological polar surface area (TPSA) is 87.9 Å². The van der Waals surface area contributed by atoms with E-state index in [-0.39, 0.29) is 5.92 Å². The molecular formula is C13H13F3N8. The summed E-state index contributed by atoms with van der Waals surface area (Å²) in [7, 11) is 0. The Morgan fingerprint density at radius 2 is 1.96 bits per heavy atom. The van der Waals surface area contributed by atoms with Gasteiger partial charge in [0.25, 0.3) is 0 Å². The number of aromatic nitrogens is 7. The Balaban J connectivity index is 1.49. The zero-order valence-corrected chi connectivity index (χ0v) is 12.4. The highest BCUT2D eigenvalue weighted by atomic mass is 19.4. The van der Waals surface area contributed by atoms with Gasteiger partial charge in [-0.15, -0.1) is 5.10 Å². The lowest BCUT2D eigenvalue weighted by atomic mass is 9.96. The number of imidazole rings is 1. The lowest BCUT2D eigenvalue weighted by molar-refractivity contribution is -0.141. The Hall–Kier alpha value is -2.72. The molecule has 24 heavy (non-hydrogen) atoms. The van der Waals surface area contributed by atoms with E-state index in [1.54, 1.807) is 12.4 Å².